The second-order valence-corrected chi connectivity index (χ2v) is 11.5. The largest absolute Gasteiger partial charge is 0.396 e. The fraction of sp³-hybridized carbons (Fsp3) is 0.677. The second-order valence-electron chi connectivity index (χ2n) is 11.5. The Labute approximate surface area is 213 Å². The lowest BCUT2D eigenvalue weighted by Gasteiger charge is -2.36. The highest BCUT2D eigenvalue weighted by molar-refractivity contribution is 5.30. The SMILES string of the molecule is C=C1C(C/C=C2\CCCC(c3cccc(CCCC(C)(C)O)c3)[C@H]2C)CC[C@H](OCCCO)C1O. The van der Waals surface area contributed by atoms with Gasteiger partial charge in [-0.05, 0) is 113 Å². The van der Waals surface area contributed by atoms with Gasteiger partial charge >= 0.3 is 0 Å². The number of hydrogen-bond acceptors (Lipinski definition) is 4. The molecule has 0 aliphatic heterocycles. The van der Waals surface area contributed by atoms with Crippen LogP contribution in [0.2, 0.25) is 0 Å². The first-order valence-corrected chi connectivity index (χ1v) is 13.8. The van der Waals surface area contributed by atoms with Crippen LogP contribution in [0.25, 0.3) is 0 Å². The molecule has 1 aromatic rings. The molecule has 3 rings (SSSR count). The molecule has 3 unspecified atom stereocenters. The number of rotatable bonds is 11. The van der Waals surface area contributed by atoms with Gasteiger partial charge in [0.25, 0.3) is 0 Å². The van der Waals surface area contributed by atoms with Crippen LogP contribution in [0.3, 0.4) is 0 Å². The van der Waals surface area contributed by atoms with Crippen molar-refractivity contribution in [2.75, 3.05) is 13.2 Å². The summed E-state index contributed by atoms with van der Waals surface area (Å²) in [6.07, 6.45) is 11.5. The Morgan fingerprint density at radius 2 is 1.97 bits per heavy atom. The molecule has 2 fully saturated rings. The van der Waals surface area contributed by atoms with Crippen LogP contribution < -0.4 is 0 Å². The number of benzene rings is 1. The third-order valence-corrected chi connectivity index (χ3v) is 8.16. The molecular formula is C31H48O4. The van der Waals surface area contributed by atoms with Crippen molar-refractivity contribution in [1.82, 2.24) is 0 Å². The Morgan fingerprint density at radius 3 is 2.71 bits per heavy atom. The number of aliphatic hydroxyl groups excluding tert-OH is 2. The van der Waals surface area contributed by atoms with Crippen LogP contribution in [0, 0.1) is 11.8 Å². The van der Waals surface area contributed by atoms with Crippen molar-refractivity contribution in [2.24, 2.45) is 11.8 Å². The second kappa shape index (κ2) is 13.2. The van der Waals surface area contributed by atoms with Crippen molar-refractivity contribution < 1.29 is 20.1 Å². The van der Waals surface area contributed by atoms with E-state index >= 15 is 0 Å². The van der Waals surface area contributed by atoms with E-state index in [0.29, 0.717) is 30.8 Å². The molecule has 0 aromatic heterocycles. The first kappa shape index (κ1) is 28.1. The number of ether oxygens (including phenoxy) is 1. The summed E-state index contributed by atoms with van der Waals surface area (Å²) in [5, 5.41) is 29.7. The van der Waals surface area contributed by atoms with E-state index in [4.69, 9.17) is 9.84 Å². The van der Waals surface area contributed by atoms with Gasteiger partial charge in [0.15, 0.2) is 0 Å². The van der Waals surface area contributed by atoms with Gasteiger partial charge in [0.2, 0.25) is 0 Å². The van der Waals surface area contributed by atoms with Crippen molar-refractivity contribution in [3.63, 3.8) is 0 Å². The summed E-state index contributed by atoms with van der Waals surface area (Å²) in [6, 6.07) is 9.11. The monoisotopic (exact) mass is 484 g/mol. The van der Waals surface area contributed by atoms with Crippen LogP contribution >= 0.6 is 0 Å². The molecule has 2 saturated carbocycles. The Hall–Kier alpha value is -1.46. The Kier molecular flexibility index (Phi) is 10.6. The first-order chi connectivity index (χ1) is 16.7. The third-order valence-electron chi connectivity index (χ3n) is 8.16. The molecular weight excluding hydrogens is 436 g/mol. The molecule has 35 heavy (non-hydrogen) atoms. The number of hydrogen-bond donors (Lipinski definition) is 3. The van der Waals surface area contributed by atoms with Crippen molar-refractivity contribution in [3.05, 3.63) is 59.2 Å². The van der Waals surface area contributed by atoms with Crippen LogP contribution in [-0.2, 0) is 11.2 Å². The Morgan fingerprint density at radius 1 is 1.17 bits per heavy atom. The van der Waals surface area contributed by atoms with Gasteiger partial charge in [0, 0.05) is 13.2 Å². The van der Waals surface area contributed by atoms with E-state index in [0.717, 1.165) is 50.5 Å². The standard InChI is InChI=1S/C31H48O4/c1-22-25(14-15-26-16-17-29(30(33)23(26)2)35-20-8-19-32)11-6-13-28(22)27-12-5-9-24(21-27)10-7-18-31(3,4)34/h5,9,12,14,21-22,26,28-30,32-34H,2,6-8,10-11,13,15-20H2,1,3-4H3/b25-14+/t22-,26?,28?,29-,30?/m0/s1. The van der Waals surface area contributed by atoms with Crippen molar-refractivity contribution in [3.8, 4) is 0 Å². The molecule has 4 heteroatoms. The zero-order valence-electron chi connectivity index (χ0n) is 22.2. The van der Waals surface area contributed by atoms with Gasteiger partial charge in [0.1, 0.15) is 6.10 Å². The molecule has 1 aromatic carbocycles. The van der Waals surface area contributed by atoms with E-state index in [-0.39, 0.29) is 12.7 Å². The molecule has 5 atom stereocenters. The van der Waals surface area contributed by atoms with Crippen LogP contribution in [0.5, 0.6) is 0 Å². The first-order valence-electron chi connectivity index (χ1n) is 13.8. The van der Waals surface area contributed by atoms with Crippen LogP contribution in [0.15, 0.2) is 48.1 Å². The van der Waals surface area contributed by atoms with Gasteiger partial charge < -0.3 is 20.1 Å². The normalized spacial score (nSPS) is 29.0. The number of aryl methyl sites for hydroxylation is 1. The summed E-state index contributed by atoms with van der Waals surface area (Å²) in [4.78, 5) is 0. The van der Waals surface area contributed by atoms with E-state index in [2.05, 4.69) is 43.8 Å². The smallest absolute Gasteiger partial charge is 0.101 e. The number of allylic oxidation sites excluding steroid dienone is 2. The van der Waals surface area contributed by atoms with Gasteiger partial charge in [-0.1, -0.05) is 49.4 Å². The van der Waals surface area contributed by atoms with Gasteiger partial charge in [-0.15, -0.1) is 0 Å². The molecule has 0 amide bonds. The lowest BCUT2D eigenvalue weighted by molar-refractivity contribution is -0.0470. The maximum absolute atomic E-state index is 10.7. The highest BCUT2D eigenvalue weighted by atomic mass is 16.5. The minimum atomic E-state index is -0.610. The maximum atomic E-state index is 10.7. The van der Waals surface area contributed by atoms with Crippen LogP contribution in [-0.4, -0.2) is 46.3 Å². The lowest BCUT2D eigenvalue weighted by Crippen LogP contribution is -2.38. The van der Waals surface area contributed by atoms with E-state index in [1.165, 1.54) is 24.0 Å². The fourth-order valence-electron chi connectivity index (χ4n) is 5.94. The summed E-state index contributed by atoms with van der Waals surface area (Å²) in [5.74, 6) is 1.38. The summed E-state index contributed by atoms with van der Waals surface area (Å²) < 4.78 is 5.78. The van der Waals surface area contributed by atoms with Crippen LogP contribution in [0.1, 0.15) is 95.6 Å². The predicted molar refractivity (Wildman–Crippen MR) is 143 cm³/mol. The Bertz CT molecular complexity index is 837. The minimum absolute atomic E-state index is 0.117. The molecule has 3 N–H and O–H groups in total. The molecule has 0 heterocycles. The van der Waals surface area contributed by atoms with Crippen LogP contribution in [0.4, 0.5) is 0 Å². The third kappa shape index (κ3) is 8.28. The maximum Gasteiger partial charge on any atom is 0.101 e. The molecule has 0 bridgehead atoms. The highest BCUT2D eigenvalue weighted by Crippen LogP contribution is 2.42. The van der Waals surface area contributed by atoms with E-state index < -0.39 is 11.7 Å². The average Bonchev–Trinajstić information content (AvgIpc) is 2.81. The summed E-state index contributed by atoms with van der Waals surface area (Å²) >= 11 is 0. The number of aliphatic hydroxyl groups is 3. The van der Waals surface area contributed by atoms with Gasteiger partial charge in [0.05, 0.1) is 11.7 Å². The average molecular weight is 485 g/mol. The molecule has 2 aliphatic carbocycles. The molecule has 0 saturated heterocycles. The molecule has 196 valence electrons. The topological polar surface area (TPSA) is 69.9 Å². The van der Waals surface area contributed by atoms with Gasteiger partial charge in [-0.3, -0.25) is 0 Å². The summed E-state index contributed by atoms with van der Waals surface area (Å²) in [6.45, 7) is 11.0. The zero-order chi connectivity index (χ0) is 25.4. The van der Waals surface area contributed by atoms with E-state index in [9.17, 15) is 10.2 Å². The van der Waals surface area contributed by atoms with Crippen molar-refractivity contribution in [2.45, 2.75) is 109 Å². The van der Waals surface area contributed by atoms with Crippen molar-refractivity contribution >= 4 is 0 Å². The summed E-state index contributed by atoms with van der Waals surface area (Å²) in [5.41, 5.74) is 4.68. The van der Waals surface area contributed by atoms with E-state index in [1.807, 2.05) is 13.8 Å². The quantitative estimate of drug-likeness (QED) is 0.262. The zero-order valence-corrected chi connectivity index (χ0v) is 22.2. The van der Waals surface area contributed by atoms with Gasteiger partial charge in [-0.2, -0.15) is 0 Å². The molecule has 0 radical (unpaired) electrons. The minimum Gasteiger partial charge on any atom is -0.396 e. The molecule has 4 nitrogen and oxygen atoms in total. The molecule has 0 spiro atoms. The Balaban J connectivity index is 1.58. The van der Waals surface area contributed by atoms with E-state index in [1.54, 1.807) is 5.57 Å². The highest BCUT2D eigenvalue weighted by Gasteiger charge is 2.33. The summed E-state index contributed by atoms with van der Waals surface area (Å²) in [7, 11) is 0. The predicted octanol–water partition coefficient (Wildman–Crippen LogP) is 6.10. The van der Waals surface area contributed by atoms with Gasteiger partial charge in [-0.25, -0.2) is 0 Å². The fourth-order valence-corrected chi connectivity index (χ4v) is 5.94. The van der Waals surface area contributed by atoms with Crippen molar-refractivity contribution in [1.29, 1.82) is 0 Å². The molecule has 2 aliphatic rings. The lowest BCUT2D eigenvalue weighted by atomic mass is 9.72.